The van der Waals surface area contributed by atoms with Gasteiger partial charge in [-0.2, -0.15) is 5.10 Å². The number of nitrogens with zero attached hydrogens (tertiary/aromatic N) is 6. The highest BCUT2D eigenvalue weighted by Gasteiger charge is 2.29. The molecule has 4 aromatic rings. The number of likely N-dealkylation sites (N-methyl/N-ethyl adjacent to an activating group) is 1. The van der Waals surface area contributed by atoms with Crippen LogP contribution in [0.3, 0.4) is 0 Å². The number of rotatable bonds is 11. The number of piperazine rings is 1. The maximum atomic E-state index is 13.6. The summed E-state index contributed by atoms with van der Waals surface area (Å²) in [6, 6.07) is 11.0. The van der Waals surface area contributed by atoms with Gasteiger partial charge in [0.05, 0.1) is 37.2 Å². The Kier molecular flexibility index (Phi) is 9.34. The second kappa shape index (κ2) is 13.8. The number of aromatic amines is 1. The van der Waals surface area contributed by atoms with Crippen LogP contribution in [0.4, 0.5) is 14.5 Å². The van der Waals surface area contributed by atoms with Crippen molar-refractivity contribution in [1.82, 2.24) is 29.5 Å². The molecule has 0 unspecified atom stereocenters. The predicted molar refractivity (Wildman–Crippen MR) is 169 cm³/mol. The summed E-state index contributed by atoms with van der Waals surface area (Å²) in [4.78, 5) is 62.1. The first-order valence-electron chi connectivity index (χ1n) is 15.6. The number of hydrogen-bond donors (Lipinski definition) is 1. The van der Waals surface area contributed by atoms with Crippen LogP contribution in [-0.2, 0) is 30.8 Å². The first-order valence-corrected chi connectivity index (χ1v) is 15.6. The second-order valence-corrected chi connectivity index (χ2v) is 12.1. The molecule has 2 aliphatic rings. The Balaban J connectivity index is 0.992. The van der Waals surface area contributed by atoms with E-state index >= 15 is 0 Å². The van der Waals surface area contributed by atoms with Crippen LogP contribution in [0.2, 0.25) is 0 Å². The van der Waals surface area contributed by atoms with Gasteiger partial charge in [-0.25, -0.2) is 13.8 Å². The van der Waals surface area contributed by atoms with Crippen LogP contribution in [0.25, 0.3) is 0 Å². The highest BCUT2D eigenvalue weighted by molar-refractivity contribution is 5.98. The summed E-state index contributed by atoms with van der Waals surface area (Å²) in [5.74, 6) is -2.68. The standard InChI is InChI=1S/C34H35F2N7O4/c1-40-11-13-41(14-12-40)24-8-6-23(7-9-24)32(45)16-29-26-19-42(20-30(26)39-38-29)33(46)4-2-3-31(44)25-17-37-21-43(34(25)47)18-22-5-10-27(35)28(36)15-22/h5-10,15,17,21H,2-4,11-14,16,18-20H2,1H3,(H,38,39). The lowest BCUT2D eigenvalue weighted by atomic mass is 10.0. The van der Waals surface area contributed by atoms with Crippen molar-refractivity contribution in [3.05, 3.63) is 111 Å². The molecule has 0 atom stereocenters. The summed E-state index contributed by atoms with van der Waals surface area (Å²) in [7, 11) is 2.11. The van der Waals surface area contributed by atoms with Crippen molar-refractivity contribution >= 4 is 23.2 Å². The van der Waals surface area contributed by atoms with E-state index in [1.165, 1.54) is 18.6 Å². The largest absolute Gasteiger partial charge is 0.369 e. The van der Waals surface area contributed by atoms with Gasteiger partial charge in [0.15, 0.2) is 23.2 Å². The molecule has 1 amide bonds. The van der Waals surface area contributed by atoms with Crippen LogP contribution in [-0.4, -0.2) is 80.2 Å². The van der Waals surface area contributed by atoms with Gasteiger partial charge in [0.1, 0.15) is 5.56 Å². The molecule has 0 bridgehead atoms. The Hall–Kier alpha value is -5.04. The van der Waals surface area contributed by atoms with E-state index in [1.54, 1.807) is 4.90 Å². The maximum Gasteiger partial charge on any atom is 0.264 e. The van der Waals surface area contributed by atoms with Crippen LogP contribution in [0.1, 0.15) is 62.5 Å². The van der Waals surface area contributed by atoms with Gasteiger partial charge in [0, 0.05) is 68.6 Å². The number of nitrogens with one attached hydrogen (secondary N) is 1. The lowest BCUT2D eigenvalue weighted by molar-refractivity contribution is -0.131. The average molecular weight is 644 g/mol. The van der Waals surface area contributed by atoms with Gasteiger partial charge in [-0.1, -0.05) is 6.07 Å². The number of carbonyl (C=O) groups excluding carboxylic acids is 3. The van der Waals surface area contributed by atoms with Gasteiger partial charge in [-0.15, -0.1) is 0 Å². The zero-order valence-electron chi connectivity index (χ0n) is 26.0. The molecule has 2 aromatic heterocycles. The number of aromatic nitrogens is 4. The van der Waals surface area contributed by atoms with Crippen LogP contribution in [0, 0.1) is 11.6 Å². The third kappa shape index (κ3) is 7.19. The van der Waals surface area contributed by atoms with Crippen LogP contribution in [0.15, 0.2) is 59.8 Å². The second-order valence-electron chi connectivity index (χ2n) is 12.1. The number of anilines is 1. The van der Waals surface area contributed by atoms with Gasteiger partial charge in [0.2, 0.25) is 5.91 Å². The molecule has 47 heavy (non-hydrogen) atoms. The van der Waals surface area contributed by atoms with Gasteiger partial charge in [-0.3, -0.25) is 28.8 Å². The number of benzene rings is 2. The van der Waals surface area contributed by atoms with E-state index in [2.05, 4.69) is 32.0 Å². The topological polar surface area (TPSA) is 124 Å². The van der Waals surface area contributed by atoms with Gasteiger partial charge in [-0.05, 0) is 55.4 Å². The number of fused-ring (bicyclic) bond motifs is 1. The van der Waals surface area contributed by atoms with E-state index in [0.717, 1.165) is 59.8 Å². The smallest absolute Gasteiger partial charge is 0.264 e. The first-order chi connectivity index (χ1) is 22.7. The molecule has 2 aromatic carbocycles. The van der Waals surface area contributed by atoms with Gasteiger partial charge in [0.25, 0.3) is 5.56 Å². The molecule has 6 rings (SSSR count). The Labute approximate surface area is 269 Å². The summed E-state index contributed by atoms with van der Waals surface area (Å²) in [5.41, 5.74) is 3.58. The van der Waals surface area contributed by atoms with Gasteiger partial charge < -0.3 is 14.7 Å². The molecule has 244 valence electrons. The maximum absolute atomic E-state index is 13.6. The Morgan fingerprint density at radius 3 is 2.43 bits per heavy atom. The lowest BCUT2D eigenvalue weighted by Gasteiger charge is -2.34. The minimum atomic E-state index is -1.03. The van der Waals surface area contributed by atoms with E-state index in [1.807, 2.05) is 24.3 Å². The number of H-pyrrole nitrogens is 1. The highest BCUT2D eigenvalue weighted by atomic mass is 19.2. The van der Waals surface area contributed by atoms with Gasteiger partial charge >= 0.3 is 0 Å². The highest BCUT2D eigenvalue weighted by Crippen LogP contribution is 2.26. The van der Waals surface area contributed by atoms with Crippen molar-refractivity contribution in [2.75, 3.05) is 38.1 Å². The summed E-state index contributed by atoms with van der Waals surface area (Å²) >= 11 is 0. The fourth-order valence-corrected chi connectivity index (χ4v) is 5.98. The molecule has 2 aliphatic heterocycles. The molecule has 1 saturated heterocycles. The molecule has 4 heterocycles. The number of Topliss-reactive ketones (excluding diaryl/α,β-unsaturated/α-hetero) is 2. The van der Waals surface area contributed by atoms with E-state index in [-0.39, 0.29) is 49.5 Å². The monoisotopic (exact) mass is 643 g/mol. The summed E-state index contributed by atoms with van der Waals surface area (Å²) in [5, 5.41) is 7.32. The lowest BCUT2D eigenvalue weighted by Crippen LogP contribution is -2.44. The number of hydrogen-bond acceptors (Lipinski definition) is 8. The number of carbonyl (C=O) groups is 3. The molecule has 0 aliphatic carbocycles. The van der Waals surface area contributed by atoms with Crippen molar-refractivity contribution in [1.29, 1.82) is 0 Å². The van der Waals surface area contributed by atoms with E-state index in [9.17, 15) is 28.0 Å². The van der Waals surface area contributed by atoms with Crippen molar-refractivity contribution in [3.8, 4) is 0 Å². The zero-order valence-corrected chi connectivity index (χ0v) is 26.0. The van der Waals surface area contributed by atoms with Crippen LogP contribution < -0.4 is 10.5 Å². The van der Waals surface area contributed by atoms with E-state index in [4.69, 9.17) is 0 Å². The molecule has 0 spiro atoms. The average Bonchev–Trinajstić information content (AvgIpc) is 3.66. The third-order valence-corrected chi connectivity index (χ3v) is 8.81. The molecule has 1 N–H and O–H groups in total. The van der Waals surface area contributed by atoms with Crippen molar-refractivity contribution < 1.29 is 23.2 Å². The number of amides is 1. The molecule has 0 radical (unpaired) electrons. The number of halogens is 2. The minimum absolute atomic E-state index is 0.0358. The quantitative estimate of drug-likeness (QED) is 0.247. The number of ketones is 2. The van der Waals surface area contributed by atoms with Crippen molar-refractivity contribution in [2.45, 2.75) is 45.3 Å². The Bertz CT molecular complexity index is 1860. The Morgan fingerprint density at radius 2 is 1.68 bits per heavy atom. The fourth-order valence-electron chi connectivity index (χ4n) is 5.98. The van der Waals surface area contributed by atoms with Crippen molar-refractivity contribution in [3.63, 3.8) is 0 Å². The third-order valence-electron chi connectivity index (χ3n) is 8.81. The van der Waals surface area contributed by atoms with Crippen LogP contribution in [0.5, 0.6) is 0 Å². The Morgan fingerprint density at radius 1 is 0.915 bits per heavy atom. The molecule has 11 nitrogen and oxygen atoms in total. The normalized spacial score (nSPS) is 14.8. The molecular weight excluding hydrogens is 608 g/mol. The first kappa shape index (κ1) is 31.9. The minimum Gasteiger partial charge on any atom is -0.369 e. The summed E-state index contributed by atoms with van der Waals surface area (Å²) in [6.07, 6.45) is 2.82. The molecule has 1 fully saturated rings. The SMILES string of the molecule is CN1CCN(c2ccc(C(=O)Cc3n[nH]c4c3CN(C(=O)CCCC(=O)c3cncn(Cc5ccc(F)c(F)c5)c3=O)C4)cc2)CC1. The van der Waals surface area contributed by atoms with E-state index in [0.29, 0.717) is 29.9 Å². The molecular formula is C34H35F2N7O4. The molecule has 0 saturated carbocycles. The molecule has 13 heteroatoms. The summed E-state index contributed by atoms with van der Waals surface area (Å²) in [6.45, 7) is 4.48. The summed E-state index contributed by atoms with van der Waals surface area (Å²) < 4.78 is 28.0. The van der Waals surface area contributed by atoms with Crippen molar-refractivity contribution in [2.24, 2.45) is 0 Å². The van der Waals surface area contributed by atoms with E-state index < -0.39 is 23.0 Å². The van der Waals surface area contributed by atoms with Crippen LogP contribution >= 0.6 is 0 Å². The zero-order chi connectivity index (χ0) is 33.1. The fraction of sp³-hybridized carbons (Fsp3) is 0.353. The predicted octanol–water partition coefficient (Wildman–Crippen LogP) is 3.37.